The highest BCUT2D eigenvalue weighted by atomic mass is 32.2. The monoisotopic (exact) mass is 416 g/mol. The summed E-state index contributed by atoms with van der Waals surface area (Å²) in [5, 5.41) is 0. The number of halogens is 4. The van der Waals surface area contributed by atoms with Crippen LogP contribution < -0.4 is 9.62 Å². The Kier molecular flexibility index (Phi) is 5.44. The molecule has 2 aromatic rings. The van der Waals surface area contributed by atoms with Gasteiger partial charge < -0.3 is 4.90 Å². The maximum atomic E-state index is 13.3. The Labute approximate surface area is 159 Å². The fraction of sp³-hybridized carbons (Fsp3) is 0.278. The number of hydrogen-bond donors (Lipinski definition) is 1. The lowest BCUT2D eigenvalue weighted by molar-refractivity contribution is -0.140. The van der Waals surface area contributed by atoms with E-state index in [-0.39, 0.29) is 18.5 Å². The van der Waals surface area contributed by atoms with Crippen molar-refractivity contribution in [2.75, 3.05) is 11.4 Å². The van der Waals surface area contributed by atoms with E-state index in [4.69, 9.17) is 0 Å². The fourth-order valence-corrected chi connectivity index (χ4v) is 3.91. The summed E-state index contributed by atoms with van der Waals surface area (Å²) in [6.45, 7) is 0.451. The third-order valence-corrected chi connectivity index (χ3v) is 5.74. The van der Waals surface area contributed by atoms with E-state index in [2.05, 4.69) is 4.72 Å². The van der Waals surface area contributed by atoms with Crippen LogP contribution in [-0.2, 0) is 27.5 Å². The normalized spacial score (nSPS) is 15.3. The zero-order valence-electron chi connectivity index (χ0n) is 14.5. The molecule has 1 fully saturated rings. The summed E-state index contributed by atoms with van der Waals surface area (Å²) in [6.07, 6.45) is -3.74. The molecule has 1 amide bonds. The van der Waals surface area contributed by atoms with E-state index in [0.717, 1.165) is 12.5 Å². The third kappa shape index (κ3) is 4.33. The first kappa shape index (κ1) is 20.3. The highest BCUT2D eigenvalue weighted by molar-refractivity contribution is 7.89. The topological polar surface area (TPSA) is 66.5 Å². The third-order valence-electron chi connectivity index (χ3n) is 4.34. The van der Waals surface area contributed by atoms with Crippen molar-refractivity contribution in [1.82, 2.24) is 4.72 Å². The minimum atomic E-state index is -5.00. The molecule has 1 aliphatic rings. The molecule has 28 heavy (non-hydrogen) atoms. The van der Waals surface area contributed by atoms with Crippen molar-refractivity contribution < 1.29 is 30.8 Å². The quantitative estimate of drug-likeness (QED) is 0.760. The molecule has 1 heterocycles. The lowest BCUT2D eigenvalue weighted by Gasteiger charge is -2.16. The van der Waals surface area contributed by atoms with Gasteiger partial charge in [0.2, 0.25) is 15.9 Å². The van der Waals surface area contributed by atoms with Gasteiger partial charge in [0.1, 0.15) is 5.82 Å². The molecular weight excluding hydrogens is 400 g/mol. The molecule has 1 saturated heterocycles. The highest BCUT2D eigenvalue weighted by Crippen LogP contribution is 2.32. The summed E-state index contributed by atoms with van der Waals surface area (Å²) in [5.74, 6) is -1.52. The maximum absolute atomic E-state index is 13.3. The van der Waals surface area contributed by atoms with Crippen LogP contribution in [0.4, 0.5) is 23.2 Å². The van der Waals surface area contributed by atoms with E-state index in [0.29, 0.717) is 30.3 Å². The Morgan fingerprint density at radius 2 is 1.75 bits per heavy atom. The number of hydrogen-bond acceptors (Lipinski definition) is 3. The first-order chi connectivity index (χ1) is 13.1. The van der Waals surface area contributed by atoms with Crippen LogP contribution in [0.25, 0.3) is 0 Å². The van der Waals surface area contributed by atoms with E-state index in [9.17, 15) is 30.8 Å². The van der Waals surface area contributed by atoms with Crippen molar-refractivity contribution in [2.24, 2.45) is 0 Å². The molecule has 0 bridgehead atoms. The van der Waals surface area contributed by atoms with Crippen LogP contribution in [0.3, 0.4) is 0 Å². The zero-order valence-corrected chi connectivity index (χ0v) is 15.3. The van der Waals surface area contributed by atoms with E-state index < -0.39 is 32.5 Å². The van der Waals surface area contributed by atoms with Crippen LogP contribution in [0.5, 0.6) is 0 Å². The van der Waals surface area contributed by atoms with Crippen LogP contribution in [0.1, 0.15) is 24.0 Å². The summed E-state index contributed by atoms with van der Waals surface area (Å²) in [5.41, 5.74) is -0.394. The van der Waals surface area contributed by atoms with Gasteiger partial charge in [0.05, 0.1) is 10.5 Å². The van der Waals surface area contributed by atoms with Gasteiger partial charge in [0.25, 0.3) is 0 Å². The molecule has 0 unspecified atom stereocenters. The summed E-state index contributed by atoms with van der Waals surface area (Å²) < 4.78 is 78.4. The summed E-state index contributed by atoms with van der Waals surface area (Å²) in [4.78, 5) is 12.7. The number of carbonyl (C=O) groups excluding carboxylic acids is 1. The molecule has 3 rings (SSSR count). The van der Waals surface area contributed by atoms with E-state index >= 15 is 0 Å². The van der Waals surface area contributed by atoms with Crippen molar-refractivity contribution in [3.05, 3.63) is 59.4 Å². The Morgan fingerprint density at radius 3 is 2.32 bits per heavy atom. The van der Waals surface area contributed by atoms with Gasteiger partial charge in [-0.1, -0.05) is 12.1 Å². The molecule has 0 aliphatic carbocycles. The second kappa shape index (κ2) is 7.51. The molecule has 0 spiro atoms. The van der Waals surface area contributed by atoms with Gasteiger partial charge >= 0.3 is 6.18 Å². The molecule has 0 radical (unpaired) electrons. The number of amides is 1. The van der Waals surface area contributed by atoms with Gasteiger partial charge in [-0.25, -0.2) is 17.5 Å². The van der Waals surface area contributed by atoms with Gasteiger partial charge in [-0.05, 0) is 42.3 Å². The van der Waals surface area contributed by atoms with Gasteiger partial charge in [0, 0.05) is 25.2 Å². The Morgan fingerprint density at radius 1 is 1.07 bits per heavy atom. The van der Waals surface area contributed by atoms with Crippen molar-refractivity contribution in [2.45, 2.75) is 30.5 Å². The van der Waals surface area contributed by atoms with Crippen LogP contribution in [0, 0.1) is 5.82 Å². The number of sulfonamides is 1. The maximum Gasteiger partial charge on any atom is 0.419 e. The van der Waals surface area contributed by atoms with Crippen molar-refractivity contribution in [1.29, 1.82) is 0 Å². The molecule has 1 aliphatic heterocycles. The summed E-state index contributed by atoms with van der Waals surface area (Å²) >= 11 is 0. The zero-order chi connectivity index (χ0) is 20.5. The minimum Gasteiger partial charge on any atom is -0.312 e. The SMILES string of the molecule is O=C1CCCN1c1ccc(CNS(=O)(=O)c2ccc(F)c(C(F)(F)F)c2)cc1. The number of anilines is 1. The Balaban J connectivity index is 1.72. The second-order valence-electron chi connectivity index (χ2n) is 6.28. The molecule has 10 heteroatoms. The van der Waals surface area contributed by atoms with Crippen LogP contribution in [-0.4, -0.2) is 20.9 Å². The van der Waals surface area contributed by atoms with E-state index in [1.54, 1.807) is 29.2 Å². The first-order valence-corrected chi connectivity index (χ1v) is 9.82. The molecule has 150 valence electrons. The van der Waals surface area contributed by atoms with Crippen molar-refractivity contribution in [3.63, 3.8) is 0 Å². The Hall–Kier alpha value is -2.46. The molecule has 1 N–H and O–H groups in total. The van der Waals surface area contributed by atoms with Crippen molar-refractivity contribution in [3.8, 4) is 0 Å². The predicted octanol–water partition coefficient (Wildman–Crippen LogP) is 3.45. The number of carbonyl (C=O) groups is 1. The van der Waals surface area contributed by atoms with Gasteiger partial charge in [-0.3, -0.25) is 4.79 Å². The molecule has 0 aromatic heterocycles. The van der Waals surface area contributed by atoms with Gasteiger partial charge in [-0.15, -0.1) is 0 Å². The average molecular weight is 416 g/mol. The fourth-order valence-electron chi connectivity index (χ4n) is 2.87. The lowest BCUT2D eigenvalue weighted by atomic mass is 10.2. The summed E-state index contributed by atoms with van der Waals surface area (Å²) in [7, 11) is -4.27. The van der Waals surface area contributed by atoms with Crippen LogP contribution in [0.2, 0.25) is 0 Å². The molecule has 0 saturated carbocycles. The number of nitrogens with zero attached hydrogens (tertiary/aromatic N) is 1. The second-order valence-corrected chi connectivity index (χ2v) is 8.05. The van der Waals surface area contributed by atoms with Gasteiger partial charge in [-0.2, -0.15) is 13.2 Å². The standard InChI is InChI=1S/C18H16F4N2O3S/c19-16-8-7-14(10-15(16)18(20,21)22)28(26,27)23-11-12-3-5-13(6-4-12)24-9-1-2-17(24)25/h3-8,10,23H,1-2,9,11H2. The first-order valence-electron chi connectivity index (χ1n) is 8.34. The van der Waals surface area contributed by atoms with Crippen LogP contribution in [0.15, 0.2) is 47.4 Å². The number of alkyl halides is 3. The van der Waals surface area contributed by atoms with Crippen molar-refractivity contribution >= 4 is 21.6 Å². The smallest absolute Gasteiger partial charge is 0.312 e. The molecule has 2 aromatic carbocycles. The number of nitrogens with one attached hydrogen (secondary N) is 1. The predicted molar refractivity (Wildman–Crippen MR) is 93.5 cm³/mol. The van der Waals surface area contributed by atoms with E-state index in [1.807, 2.05) is 0 Å². The minimum absolute atomic E-state index is 0.0187. The lowest BCUT2D eigenvalue weighted by Crippen LogP contribution is -2.25. The van der Waals surface area contributed by atoms with Gasteiger partial charge in [0.15, 0.2) is 0 Å². The van der Waals surface area contributed by atoms with Crippen LogP contribution >= 0.6 is 0 Å². The number of benzene rings is 2. The molecular formula is C18H16F4N2O3S. The molecule has 5 nitrogen and oxygen atoms in total. The Bertz CT molecular complexity index is 989. The summed E-state index contributed by atoms with van der Waals surface area (Å²) in [6, 6.07) is 8.09. The highest BCUT2D eigenvalue weighted by Gasteiger charge is 2.35. The largest absolute Gasteiger partial charge is 0.419 e. The molecule has 0 atom stereocenters. The van der Waals surface area contributed by atoms with E-state index in [1.165, 1.54) is 0 Å². The average Bonchev–Trinajstić information content (AvgIpc) is 3.06. The number of rotatable bonds is 5.